The van der Waals surface area contributed by atoms with Crippen LogP contribution in [0.25, 0.3) is 0 Å². The highest BCUT2D eigenvalue weighted by molar-refractivity contribution is 6.02. The van der Waals surface area contributed by atoms with E-state index in [4.69, 9.17) is 0 Å². The van der Waals surface area contributed by atoms with Crippen LogP contribution in [0.1, 0.15) is 20.8 Å². The molecule has 1 fully saturated rings. The smallest absolute Gasteiger partial charge is 0.0572 e. The van der Waals surface area contributed by atoms with Crippen LogP contribution in [0, 0.1) is 0 Å². The molecule has 0 spiro atoms. The van der Waals surface area contributed by atoms with E-state index in [-0.39, 0.29) is 7.43 Å². The van der Waals surface area contributed by atoms with E-state index in [1.165, 1.54) is 11.3 Å². The number of piperidine rings is 1. The number of likely N-dealkylation sites (tertiary alicyclic amines) is 1. The molecule has 1 saturated heterocycles. The van der Waals surface area contributed by atoms with Gasteiger partial charge in [-0.1, -0.05) is 20.1 Å². The van der Waals surface area contributed by atoms with Crippen molar-refractivity contribution in [2.45, 2.75) is 20.8 Å². The summed E-state index contributed by atoms with van der Waals surface area (Å²) in [6, 6.07) is 0. The van der Waals surface area contributed by atoms with Crippen LogP contribution in [0.2, 0.25) is 0 Å². The summed E-state index contributed by atoms with van der Waals surface area (Å²) in [7, 11) is 2.12. The second-order valence-electron chi connectivity index (χ2n) is 3.06. The van der Waals surface area contributed by atoms with Gasteiger partial charge in [0.2, 0.25) is 0 Å². The van der Waals surface area contributed by atoms with Crippen molar-refractivity contribution in [2.75, 3.05) is 20.1 Å². The van der Waals surface area contributed by atoms with Crippen molar-refractivity contribution in [1.82, 2.24) is 4.90 Å². The summed E-state index contributed by atoms with van der Waals surface area (Å²) >= 11 is 0. The molecule has 0 aromatic carbocycles. The van der Waals surface area contributed by atoms with Gasteiger partial charge in [0, 0.05) is 19.3 Å². The zero-order chi connectivity index (χ0) is 8.97. The Morgan fingerprint density at radius 3 is 2.77 bits per heavy atom. The topological polar surface area (TPSA) is 15.6 Å². The number of hydrogen-bond acceptors (Lipinski definition) is 2. The molecule has 0 radical (unpaired) electrons. The standard InChI is InChI=1S/C10H16N2.CH4/c1-4-9-6-7-12(3)8-10(9)11-5-2;/h4-5H,2,6-8H2,1,3H3;1H4/b9-4-,11-10?;. The fourth-order valence-corrected chi connectivity index (χ4v) is 1.44. The quantitative estimate of drug-likeness (QED) is 0.605. The first kappa shape index (κ1) is 12.1. The molecule has 1 aliphatic heterocycles. The van der Waals surface area contributed by atoms with E-state index < -0.39 is 0 Å². The summed E-state index contributed by atoms with van der Waals surface area (Å²) in [5.41, 5.74) is 2.54. The molecule has 0 unspecified atom stereocenters. The Hall–Kier alpha value is -0.890. The van der Waals surface area contributed by atoms with Gasteiger partial charge in [-0.15, -0.1) is 0 Å². The Morgan fingerprint density at radius 2 is 2.23 bits per heavy atom. The van der Waals surface area contributed by atoms with Crippen molar-refractivity contribution < 1.29 is 0 Å². The van der Waals surface area contributed by atoms with Gasteiger partial charge < -0.3 is 4.90 Å². The van der Waals surface area contributed by atoms with Crippen LogP contribution in [0.4, 0.5) is 0 Å². The van der Waals surface area contributed by atoms with Crippen LogP contribution in [0.3, 0.4) is 0 Å². The lowest BCUT2D eigenvalue weighted by Gasteiger charge is -2.25. The van der Waals surface area contributed by atoms with E-state index in [2.05, 4.69) is 36.5 Å². The maximum atomic E-state index is 4.26. The number of aliphatic imine (C=N–C) groups is 1. The SMILES string of the molecule is C.C=CN=C1CN(C)CC/C1=C/C. The van der Waals surface area contributed by atoms with Crippen LogP contribution >= 0.6 is 0 Å². The van der Waals surface area contributed by atoms with Crippen LogP contribution < -0.4 is 0 Å². The second kappa shape index (κ2) is 5.70. The highest BCUT2D eigenvalue weighted by Crippen LogP contribution is 2.12. The Kier molecular flexibility index (Phi) is 5.31. The first-order valence-corrected chi connectivity index (χ1v) is 4.29. The summed E-state index contributed by atoms with van der Waals surface area (Å²) in [4.78, 5) is 6.53. The molecule has 1 rings (SSSR count). The van der Waals surface area contributed by atoms with E-state index in [1.54, 1.807) is 6.20 Å². The fourth-order valence-electron chi connectivity index (χ4n) is 1.44. The second-order valence-corrected chi connectivity index (χ2v) is 3.06. The minimum absolute atomic E-state index is 0. The highest BCUT2D eigenvalue weighted by Gasteiger charge is 2.15. The monoisotopic (exact) mass is 180 g/mol. The largest absolute Gasteiger partial charge is 0.300 e. The van der Waals surface area contributed by atoms with Crippen LogP contribution in [0.15, 0.2) is 29.4 Å². The number of rotatable bonds is 1. The molecule has 1 heterocycles. The molecule has 74 valence electrons. The molecule has 0 atom stereocenters. The molecular formula is C11H20N2. The maximum Gasteiger partial charge on any atom is 0.0572 e. The lowest BCUT2D eigenvalue weighted by Crippen LogP contribution is -2.33. The average molecular weight is 180 g/mol. The van der Waals surface area contributed by atoms with Crippen LogP contribution in [-0.4, -0.2) is 30.7 Å². The zero-order valence-corrected chi connectivity index (χ0v) is 7.88. The molecule has 0 bridgehead atoms. The molecule has 0 N–H and O–H groups in total. The van der Waals surface area contributed by atoms with E-state index in [0.29, 0.717) is 0 Å². The van der Waals surface area contributed by atoms with Crippen molar-refractivity contribution in [3.8, 4) is 0 Å². The van der Waals surface area contributed by atoms with Gasteiger partial charge in [0.05, 0.1) is 5.71 Å². The van der Waals surface area contributed by atoms with Gasteiger partial charge in [0.15, 0.2) is 0 Å². The van der Waals surface area contributed by atoms with Gasteiger partial charge in [0.1, 0.15) is 0 Å². The van der Waals surface area contributed by atoms with Gasteiger partial charge in [-0.25, -0.2) is 0 Å². The number of hydrogen-bond donors (Lipinski definition) is 0. The fraction of sp³-hybridized carbons (Fsp3) is 0.545. The Bertz CT molecular complexity index is 226. The third kappa shape index (κ3) is 3.15. The third-order valence-corrected chi connectivity index (χ3v) is 2.15. The predicted molar refractivity (Wildman–Crippen MR) is 60.2 cm³/mol. The van der Waals surface area contributed by atoms with Gasteiger partial charge in [-0.3, -0.25) is 4.99 Å². The minimum atomic E-state index is 0. The lowest BCUT2D eigenvalue weighted by molar-refractivity contribution is 0.373. The van der Waals surface area contributed by atoms with Gasteiger partial charge >= 0.3 is 0 Å². The molecule has 2 nitrogen and oxygen atoms in total. The summed E-state index contributed by atoms with van der Waals surface area (Å²) < 4.78 is 0. The molecule has 0 aliphatic carbocycles. The molecule has 0 amide bonds. The lowest BCUT2D eigenvalue weighted by atomic mass is 10.0. The summed E-state index contributed by atoms with van der Waals surface area (Å²) in [5, 5.41) is 0. The average Bonchev–Trinajstić information content (AvgIpc) is 2.05. The first-order valence-electron chi connectivity index (χ1n) is 4.29. The molecule has 0 saturated carbocycles. The van der Waals surface area contributed by atoms with Crippen molar-refractivity contribution in [3.05, 3.63) is 24.4 Å². The van der Waals surface area contributed by atoms with Crippen molar-refractivity contribution in [3.63, 3.8) is 0 Å². The Balaban J connectivity index is 0.00000144. The predicted octanol–water partition coefficient (Wildman–Crippen LogP) is 2.49. The Morgan fingerprint density at radius 1 is 1.54 bits per heavy atom. The van der Waals surface area contributed by atoms with Crippen LogP contribution in [-0.2, 0) is 0 Å². The van der Waals surface area contributed by atoms with Gasteiger partial charge in [-0.05, 0) is 26.0 Å². The highest BCUT2D eigenvalue weighted by atomic mass is 15.1. The summed E-state index contributed by atoms with van der Waals surface area (Å²) in [6.07, 6.45) is 4.88. The van der Waals surface area contributed by atoms with Crippen molar-refractivity contribution >= 4 is 5.71 Å². The number of allylic oxidation sites excluding steroid dienone is 1. The number of nitrogens with zero attached hydrogens (tertiary/aromatic N) is 2. The first-order chi connectivity index (χ1) is 5.77. The zero-order valence-electron chi connectivity index (χ0n) is 7.88. The van der Waals surface area contributed by atoms with Crippen LogP contribution in [0.5, 0.6) is 0 Å². The minimum Gasteiger partial charge on any atom is -0.300 e. The summed E-state index contributed by atoms with van der Waals surface area (Å²) in [6.45, 7) is 7.77. The molecule has 1 aliphatic rings. The Labute approximate surface area is 81.7 Å². The maximum absolute atomic E-state index is 4.26. The molecule has 2 heteroatoms. The van der Waals surface area contributed by atoms with E-state index in [1.807, 2.05) is 0 Å². The van der Waals surface area contributed by atoms with Gasteiger partial charge in [-0.2, -0.15) is 0 Å². The van der Waals surface area contributed by atoms with Crippen molar-refractivity contribution in [2.24, 2.45) is 4.99 Å². The van der Waals surface area contributed by atoms with Crippen molar-refractivity contribution in [1.29, 1.82) is 0 Å². The van der Waals surface area contributed by atoms with E-state index >= 15 is 0 Å². The molecule has 0 aromatic heterocycles. The van der Waals surface area contributed by atoms with Gasteiger partial charge in [0.25, 0.3) is 0 Å². The molecular weight excluding hydrogens is 160 g/mol. The molecule has 13 heavy (non-hydrogen) atoms. The third-order valence-electron chi connectivity index (χ3n) is 2.15. The normalized spacial score (nSPS) is 24.5. The molecule has 0 aromatic rings. The summed E-state index contributed by atoms with van der Waals surface area (Å²) in [5.74, 6) is 0. The van der Waals surface area contributed by atoms with E-state index in [0.717, 1.165) is 19.5 Å². The van der Waals surface area contributed by atoms with E-state index in [9.17, 15) is 0 Å².